The lowest BCUT2D eigenvalue weighted by Crippen LogP contribution is -2.48. The molecule has 3 aromatic carbocycles. The monoisotopic (exact) mass is 548 g/mol. The van der Waals surface area contributed by atoms with Crippen molar-refractivity contribution in [1.29, 1.82) is 0 Å². The van der Waals surface area contributed by atoms with Crippen LogP contribution in [0.1, 0.15) is 21.5 Å². The number of nitrogens with one attached hydrogen (secondary N) is 1. The Morgan fingerprint density at radius 1 is 0.895 bits per heavy atom. The van der Waals surface area contributed by atoms with Gasteiger partial charge in [-0.15, -0.1) is 0 Å². The number of piperazine rings is 1. The third-order valence-electron chi connectivity index (χ3n) is 6.99. The van der Waals surface area contributed by atoms with Gasteiger partial charge in [-0.3, -0.25) is 19.1 Å². The maximum atomic E-state index is 13.3. The second kappa shape index (κ2) is 10.2. The molecule has 1 aromatic heterocycles. The fraction of sp³-hybridized carbons (Fsp3) is 0.250. The van der Waals surface area contributed by atoms with Crippen LogP contribution in [-0.4, -0.2) is 58.2 Å². The van der Waals surface area contributed by atoms with Crippen molar-refractivity contribution in [2.24, 2.45) is 0 Å². The Bertz CT molecular complexity index is 1640. The van der Waals surface area contributed by atoms with Gasteiger partial charge in [0.05, 0.1) is 17.4 Å². The van der Waals surface area contributed by atoms with Crippen LogP contribution in [0.25, 0.3) is 10.9 Å². The Hall–Kier alpha value is -3.66. The van der Waals surface area contributed by atoms with E-state index in [1.54, 1.807) is 30.3 Å². The smallest absolute Gasteiger partial charge is 0.262 e. The SMILES string of the molecule is O=C(c1ccc2c(=O)n(Cc3ccc(Cl)cc3)c(=S)[nH]c2c1)N1CCN(Cc2ccc3c(c2)OCO3)CC1. The third-order valence-corrected chi connectivity index (χ3v) is 7.56. The summed E-state index contributed by atoms with van der Waals surface area (Å²) in [6.07, 6.45) is 0. The predicted molar refractivity (Wildman–Crippen MR) is 148 cm³/mol. The van der Waals surface area contributed by atoms with Gasteiger partial charge in [0.2, 0.25) is 6.79 Å². The molecule has 0 unspecified atom stereocenters. The zero-order chi connectivity index (χ0) is 26.2. The highest BCUT2D eigenvalue weighted by molar-refractivity contribution is 7.71. The highest BCUT2D eigenvalue weighted by atomic mass is 35.5. The number of carbonyl (C=O) groups is 1. The molecule has 0 spiro atoms. The van der Waals surface area contributed by atoms with Crippen LogP contribution in [0.4, 0.5) is 0 Å². The fourth-order valence-corrected chi connectivity index (χ4v) is 5.28. The topological polar surface area (TPSA) is 79.8 Å². The molecule has 1 saturated heterocycles. The Balaban J connectivity index is 1.14. The zero-order valence-corrected chi connectivity index (χ0v) is 22.1. The van der Waals surface area contributed by atoms with Gasteiger partial charge in [-0.25, -0.2) is 0 Å². The van der Waals surface area contributed by atoms with Crippen LogP contribution in [0, 0.1) is 4.77 Å². The fourth-order valence-electron chi connectivity index (χ4n) is 4.89. The first-order valence-corrected chi connectivity index (χ1v) is 13.1. The third kappa shape index (κ3) is 4.92. The molecule has 3 heterocycles. The normalized spacial score (nSPS) is 15.2. The van der Waals surface area contributed by atoms with E-state index < -0.39 is 0 Å². The van der Waals surface area contributed by atoms with Gasteiger partial charge in [0.1, 0.15) is 0 Å². The van der Waals surface area contributed by atoms with E-state index in [-0.39, 0.29) is 18.3 Å². The first kappa shape index (κ1) is 24.7. The van der Waals surface area contributed by atoms with Crippen molar-refractivity contribution in [3.05, 3.63) is 97.5 Å². The van der Waals surface area contributed by atoms with Crippen molar-refractivity contribution in [1.82, 2.24) is 19.4 Å². The summed E-state index contributed by atoms with van der Waals surface area (Å²) in [6.45, 7) is 4.17. The number of hydrogen-bond acceptors (Lipinski definition) is 6. The first-order chi connectivity index (χ1) is 18.4. The maximum Gasteiger partial charge on any atom is 0.262 e. The minimum Gasteiger partial charge on any atom is -0.454 e. The molecular weight excluding hydrogens is 524 g/mol. The van der Waals surface area contributed by atoms with Gasteiger partial charge in [-0.1, -0.05) is 29.8 Å². The standard InChI is InChI=1S/C28H25ClN4O4S/c29-21-5-1-18(2-6-21)16-33-27(35)22-7-4-20(14-23(22)30-28(33)38)26(34)32-11-9-31(10-12-32)15-19-3-8-24-25(13-19)37-17-36-24/h1-8,13-14H,9-12,15-17H2,(H,30,38). The van der Waals surface area contributed by atoms with Crippen LogP contribution in [0.2, 0.25) is 5.02 Å². The second-order valence-electron chi connectivity index (χ2n) is 9.46. The number of hydrogen-bond donors (Lipinski definition) is 1. The molecule has 8 nitrogen and oxygen atoms in total. The van der Waals surface area contributed by atoms with Crippen molar-refractivity contribution in [2.45, 2.75) is 13.1 Å². The summed E-state index contributed by atoms with van der Waals surface area (Å²) in [5.41, 5.74) is 2.96. The zero-order valence-electron chi connectivity index (χ0n) is 20.5. The summed E-state index contributed by atoms with van der Waals surface area (Å²) < 4.78 is 12.7. The van der Waals surface area contributed by atoms with Gasteiger partial charge in [-0.05, 0) is 65.8 Å². The molecule has 2 aliphatic heterocycles. The lowest BCUT2D eigenvalue weighted by atomic mass is 10.1. The molecule has 4 aromatic rings. The number of amides is 1. The molecule has 1 amide bonds. The van der Waals surface area contributed by atoms with Crippen molar-refractivity contribution < 1.29 is 14.3 Å². The number of H-pyrrole nitrogens is 1. The largest absolute Gasteiger partial charge is 0.454 e. The summed E-state index contributed by atoms with van der Waals surface area (Å²) in [7, 11) is 0. The van der Waals surface area contributed by atoms with Gasteiger partial charge < -0.3 is 19.4 Å². The molecule has 0 atom stereocenters. The Morgan fingerprint density at radius 2 is 1.63 bits per heavy atom. The molecule has 1 N–H and O–H groups in total. The minimum atomic E-state index is -0.199. The number of nitrogens with zero attached hydrogens (tertiary/aromatic N) is 3. The summed E-state index contributed by atoms with van der Waals surface area (Å²) in [5.74, 6) is 1.50. The van der Waals surface area contributed by atoms with E-state index >= 15 is 0 Å². The molecule has 38 heavy (non-hydrogen) atoms. The van der Waals surface area contributed by atoms with Crippen LogP contribution in [0.3, 0.4) is 0 Å². The number of aromatic nitrogens is 2. The Morgan fingerprint density at radius 3 is 2.42 bits per heavy atom. The maximum absolute atomic E-state index is 13.3. The van der Waals surface area contributed by atoms with Gasteiger partial charge in [-0.2, -0.15) is 0 Å². The molecule has 0 aliphatic carbocycles. The molecule has 194 valence electrons. The van der Waals surface area contributed by atoms with E-state index in [1.807, 2.05) is 35.2 Å². The highest BCUT2D eigenvalue weighted by Crippen LogP contribution is 2.33. The molecular formula is C28H25ClN4O4S. The number of halogens is 1. The Kier molecular flexibility index (Phi) is 6.65. The summed E-state index contributed by atoms with van der Waals surface area (Å²) in [6, 6.07) is 18.4. The van der Waals surface area contributed by atoms with E-state index in [4.69, 9.17) is 33.3 Å². The van der Waals surface area contributed by atoms with E-state index in [0.29, 0.717) is 45.9 Å². The Labute approximate surface area is 229 Å². The number of carbonyl (C=O) groups excluding carboxylic acids is 1. The number of rotatable bonds is 5. The quantitative estimate of drug-likeness (QED) is 0.371. The molecule has 1 fully saturated rings. The van der Waals surface area contributed by atoms with Crippen LogP contribution in [0.15, 0.2) is 65.5 Å². The second-order valence-corrected chi connectivity index (χ2v) is 10.3. The van der Waals surface area contributed by atoms with Crippen molar-refractivity contribution in [3.63, 3.8) is 0 Å². The highest BCUT2D eigenvalue weighted by Gasteiger charge is 2.23. The van der Waals surface area contributed by atoms with Crippen LogP contribution < -0.4 is 15.0 Å². The predicted octanol–water partition coefficient (Wildman–Crippen LogP) is 4.45. The summed E-state index contributed by atoms with van der Waals surface area (Å²) >= 11 is 11.5. The molecule has 0 radical (unpaired) electrons. The molecule has 6 rings (SSSR count). The molecule has 0 bridgehead atoms. The number of aromatic amines is 1. The lowest BCUT2D eigenvalue weighted by Gasteiger charge is -2.34. The average Bonchev–Trinajstić information content (AvgIpc) is 3.40. The molecule has 10 heteroatoms. The number of fused-ring (bicyclic) bond motifs is 2. The van der Waals surface area contributed by atoms with E-state index in [1.165, 1.54) is 4.57 Å². The van der Waals surface area contributed by atoms with Crippen molar-refractivity contribution in [2.75, 3.05) is 33.0 Å². The van der Waals surface area contributed by atoms with Gasteiger partial charge in [0.25, 0.3) is 11.5 Å². The van der Waals surface area contributed by atoms with Gasteiger partial charge in [0.15, 0.2) is 16.3 Å². The minimum absolute atomic E-state index is 0.0562. The van der Waals surface area contributed by atoms with Crippen molar-refractivity contribution >= 4 is 40.6 Å². The summed E-state index contributed by atoms with van der Waals surface area (Å²) in [5, 5.41) is 1.12. The van der Waals surface area contributed by atoms with Crippen LogP contribution in [-0.2, 0) is 13.1 Å². The average molecular weight is 549 g/mol. The number of ether oxygens (including phenoxy) is 2. The first-order valence-electron chi connectivity index (χ1n) is 12.4. The number of benzene rings is 3. The van der Waals surface area contributed by atoms with Gasteiger partial charge >= 0.3 is 0 Å². The lowest BCUT2D eigenvalue weighted by molar-refractivity contribution is 0.0628. The molecule has 0 saturated carbocycles. The van der Waals surface area contributed by atoms with E-state index in [0.717, 1.165) is 42.3 Å². The van der Waals surface area contributed by atoms with Gasteiger partial charge in [0, 0.05) is 43.3 Å². The van der Waals surface area contributed by atoms with E-state index in [9.17, 15) is 9.59 Å². The molecule has 2 aliphatic rings. The summed E-state index contributed by atoms with van der Waals surface area (Å²) in [4.78, 5) is 33.8. The van der Waals surface area contributed by atoms with E-state index in [2.05, 4.69) is 9.88 Å². The van der Waals surface area contributed by atoms with Crippen LogP contribution >= 0.6 is 23.8 Å². The van der Waals surface area contributed by atoms with Crippen LogP contribution in [0.5, 0.6) is 11.5 Å². The van der Waals surface area contributed by atoms with Crippen molar-refractivity contribution in [3.8, 4) is 11.5 Å².